The van der Waals surface area contributed by atoms with Gasteiger partial charge in [-0.2, -0.15) is 4.31 Å². The molecule has 0 aliphatic carbocycles. The molecule has 330 valence electrons. The number of carbonyl (C=O) groups is 5. The number of esters is 1. The van der Waals surface area contributed by atoms with Crippen molar-refractivity contribution in [2.75, 3.05) is 38.4 Å². The number of alkyl carbamates (subject to hydrolysis) is 1. The van der Waals surface area contributed by atoms with Gasteiger partial charge in [0, 0.05) is 51.0 Å². The van der Waals surface area contributed by atoms with Crippen molar-refractivity contribution in [3.05, 3.63) is 58.7 Å². The number of rotatable bonds is 12. The number of amides is 4. The van der Waals surface area contributed by atoms with E-state index in [1.54, 1.807) is 39.0 Å². The highest BCUT2D eigenvalue weighted by molar-refractivity contribution is 7.89. The summed E-state index contributed by atoms with van der Waals surface area (Å²) in [6, 6.07) is 2.26. The third-order valence-corrected chi connectivity index (χ3v) is 14.5. The van der Waals surface area contributed by atoms with Gasteiger partial charge in [0.15, 0.2) is 0 Å². The van der Waals surface area contributed by atoms with Gasteiger partial charge in [0.2, 0.25) is 15.9 Å². The van der Waals surface area contributed by atoms with Gasteiger partial charge in [0.1, 0.15) is 40.3 Å². The van der Waals surface area contributed by atoms with E-state index in [0.717, 1.165) is 20.3 Å². The summed E-state index contributed by atoms with van der Waals surface area (Å²) in [4.78, 5) is 67.0. The first-order chi connectivity index (χ1) is 28.1. The lowest BCUT2D eigenvalue weighted by molar-refractivity contribution is -0.157. The number of aliphatic hydroxyl groups is 1. The van der Waals surface area contributed by atoms with E-state index in [1.807, 2.05) is 19.1 Å². The number of ether oxygens (including phenoxy) is 4. The first kappa shape index (κ1) is 46.8. The molecule has 16 nitrogen and oxygen atoms in total. The van der Waals surface area contributed by atoms with Crippen LogP contribution < -0.4 is 15.0 Å². The molecule has 7 unspecified atom stereocenters. The Hall–Kier alpha value is -4.29. The standard InChI is InChI=1S/C42H57ClN4O12S/c1-25-14-13-15-26(2)42(53)24-32(57-40(52)44-42)27(3)38-41(5,59-38)33(23-36(50)45(6)30-21-29(20-25)22-31(56-8)37(30)43)58-39(51)28(4)46(7)60(54,55)19-12-10-9-11-18-47-34(48)16-17-35(47)49/h13-17,21-22,26-28,32-33,38,53H,9-12,18-20,23-24H2,1-8H3,(H,44,52)/b15-13+,25-14+/t26?,27?,28-,32?,33?,38?,41?,42?/m0/s1. The van der Waals surface area contributed by atoms with Crippen LogP contribution in [0.25, 0.3) is 0 Å². The molecule has 5 rings (SSSR count). The summed E-state index contributed by atoms with van der Waals surface area (Å²) in [6.45, 7) is 8.80. The first-order valence-electron chi connectivity index (χ1n) is 20.2. The maximum Gasteiger partial charge on any atom is 0.409 e. The first-order valence-corrected chi connectivity index (χ1v) is 22.2. The zero-order valence-electron chi connectivity index (χ0n) is 35.4. The number of hydrogen-bond donors (Lipinski definition) is 2. The molecule has 0 radical (unpaired) electrons. The van der Waals surface area contributed by atoms with Crippen LogP contribution in [0.4, 0.5) is 10.5 Å². The number of methoxy groups -OCH3 is 1. The number of fused-ring (bicyclic) bond motifs is 5. The summed E-state index contributed by atoms with van der Waals surface area (Å²) >= 11 is 6.77. The molecule has 1 aromatic rings. The fraction of sp³-hybridized carbons (Fsp3) is 0.595. The molecular weight excluding hydrogens is 820 g/mol. The van der Waals surface area contributed by atoms with Crippen molar-refractivity contribution in [2.45, 2.75) is 115 Å². The number of epoxide rings is 1. The van der Waals surface area contributed by atoms with Crippen LogP contribution in [0.1, 0.15) is 78.7 Å². The number of nitrogens with one attached hydrogen (secondary N) is 1. The maximum absolute atomic E-state index is 14.2. The highest BCUT2D eigenvalue weighted by Crippen LogP contribution is 2.49. The van der Waals surface area contributed by atoms with E-state index in [4.69, 9.17) is 30.5 Å². The van der Waals surface area contributed by atoms with Gasteiger partial charge in [-0.1, -0.05) is 62.1 Å². The largest absolute Gasteiger partial charge is 0.495 e. The minimum atomic E-state index is -3.95. The number of allylic oxidation sites excluding steroid dienone is 3. The molecule has 4 aliphatic rings. The van der Waals surface area contributed by atoms with Crippen molar-refractivity contribution in [3.8, 4) is 5.75 Å². The summed E-state index contributed by atoms with van der Waals surface area (Å²) in [5, 5.41) is 14.5. The van der Waals surface area contributed by atoms with Gasteiger partial charge in [-0.25, -0.2) is 13.2 Å². The molecule has 2 saturated heterocycles. The number of halogens is 1. The fourth-order valence-corrected chi connectivity index (χ4v) is 9.58. The number of nitrogens with zero attached hydrogens (tertiary/aromatic N) is 3. The summed E-state index contributed by atoms with van der Waals surface area (Å²) in [5.74, 6) is -3.14. The number of carbonyl (C=O) groups excluding carboxylic acids is 5. The quantitative estimate of drug-likeness (QED) is 0.130. The van der Waals surface area contributed by atoms with Crippen molar-refractivity contribution in [2.24, 2.45) is 11.8 Å². The van der Waals surface area contributed by atoms with E-state index in [1.165, 1.54) is 45.2 Å². The normalized spacial score (nSPS) is 30.6. The molecule has 2 N–H and O–H groups in total. The molecule has 0 aromatic heterocycles. The van der Waals surface area contributed by atoms with Crippen LogP contribution in [0.15, 0.2) is 48.1 Å². The van der Waals surface area contributed by atoms with E-state index in [2.05, 4.69) is 5.32 Å². The van der Waals surface area contributed by atoms with Crippen molar-refractivity contribution < 1.29 is 56.4 Å². The van der Waals surface area contributed by atoms with E-state index in [0.29, 0.717) is 37.1 Å². The zero-order chi connectivity index (χ0) is 44.3. The molecule has 4 aliphatic heterocycles. The van der Waals surface area contributed by atoms with Crippen LogP contribution in [0, 0.1) is 11.8 Å². The summed E-state index contributed by atoms with van der Waals surface area (Å²) in [5.41, 5.74) is -0.876. The molecule has 60 heavy (non-hydrogen) atoms. The molecule has 0 saturated carbocycles. The maximum atomic E-state index is 14.2. The lowest BCUT2D eigenvalue weighted by Gasteiger charge is -2.41. The van der Waals surface area contributed by atoms with Crippen LogP contribution in [0.2, 0.25) is 5.02 Å². The zero-order valence-corrected chi connectivity index (χ0v) is 37.0. The number of anilines is 1. The Labute approximate surface area is 356 Å². The molecule has 2 fully saturated rings. The van der Waals surface area contributed by atoms with Crippen LogP contribution >= 0.6 is 11.6 Å². The third-order valence-electron chi connectivity index (χ3n) is 12.1. The Morgan fingerprint density at radius 2 is 1.78 bits per heavy atom. The van der Waals surface area contributed by atoms with Crippen LogP contribution in [-0.4, -0.2) is 122 Å². The topological polar surface area (TPSA) is 202 Å². The van der Waals surface area contributed by atoms with Gasteiger partial charge >= 0.3 is 12.1 Å². The van der Waals surface area contributed by atoms with Crippen LogP contribution in [-0.2, 0) is 49.8 Å². The van der Waals surface area contributed by atoms with Gasteiger partial charge in [-0.15, -0.1) is 0 Å². The number of hydrogen-bond acceptors (Lipinski definition) is 12. The van der Waals surface area contributed by atoms with Gasteiger partial charge in [0.05, 0.1) is 31.1 Å². The van der Waals surface area contributed by atoms with E-state index >= 15 is 0 Å². The van der Waals surface area contributed by atoms with Crippen molar-refractivity contribution in [1.29, 1.82) is 0 Å². The molecule has 4 amide bonds. The molecule has 4 bridgehead atoms. The monoisotopic (exact) mass is 876 g/mol. The summed E-state index contributed by atoms with van der Waals surface area (Å²) in [6.07, 6.45) is 6.30. The Morgan fingerprint density at radius 1 is 1.12 bits per heavy atom. The third kappa shape index (κ3) is 10.4. The Bertz CT molecular complexity index is 2040. The molecule has 8 atom stereocenters. The molecule has 4 heterocycles. The lowest BCUT2D eigenvalue weighted by atomic mass is 9.82. The van der Waals surface area contributed by atoms with E-state index in [-0.39, 0.29) is 42.0 Å². The Kier molecular flexibility index (Phi) is 14.6. The smallest absolute Gasteiger partial charge is 0.409 e. The predicted molar refractivity (Wildman–Crippen MR) is 222 cm³/mol. The number of benzene rings is 1. The fourth-order valence-electron chi connectivity index (χ4n) is 7.84. The predicted octanol–water partition coefficient (Wildman–Crippen LogP) is 4.42. The number of unbranched alkanes of at least 4 members (excludes halogenated alkanes) is 3. The molecular formula is C42H57ClN4O12S. The lowest BCUT2D eigenvalue weighted by Crippen LogP contribution is -2.60. The van der Waals surface area contributed by atoms with Crippen molar-refractivity contribution in [1.82, 2.24) is 14.5 Å². The van der Waals surface area contributed by atoms with Crippen molar-refractivity contribution in [3.63, 3.8) is 0 Å². The summed E-state index contributed by atoms with van der Waals surface area (Å²) < 4.78 is 51.3. The van der Waals surface area contributed by atoms with Gasteiger partial charge in [0.25, 0.3) is 11.8 Å². The number of likely N-dealkylation sites (N-methyl/N-ethyl adjacent to an activating group) is 1. The average Bonchev–Trinajstić information content (AvgIpc) is 3.79. The van der Waals surface area contributed by atoms with Gasteiger partial charge in [-0.3, -0.25) is 29.4 Å². The van der Waals surface area contributed by atoms with E-state index in [9.17, 15) is 37.5 Å². The second-order valence-electron chi connectivity index (χ2n) is 16.4. The Morgan fingerprint density at radius 3 is 2.45 bits per heavy atom. The molecule has 0 spiro atoms. The van der Waals surface area contributed by atoms with Gasteiger partial charge < -0.3 is 29.0 Å². The van der Waals surface area contributed by atoms with Crippen LogP contribution in [0.5, 0.6) is 5.75 Å². The van der Waals surface area contributed by atoms with E-state index < -0.39 is 81.9 Å². The van der Waals surface area contributed by atoms with Gasteiger partial charge in [-0.05, 0) is 57.7 Å². The van der Waals surface area contributed by atoms with Crippen molar-refractivity contribution >= 4 is 57.1 Å². The molecule has 18 heteroatoms. The second kappa shape index (κ2) is 18.8. The summed E-state index contributed by atoms with van der Waals surface area (Å²) in [7, 11) is 0.340. The average molecular weight is 877 g/mol. The highest BCUT2D eigenvalue weighted by Gasteiger charge is 2.64. The second-order valence-corrected chi connectivity index (χ2v) is 19.0. The minimum absolute atomic E-state index is 0.00919. The highest BCUT2D eigenvalue weighted by atomic mass is 35.5. The minimum Gasteiger partial charge on any atom is -0.495 e. The number of imide groups is 1. The Balaban J connectivity index is 1.37. The SMILES string of the molecule is COc1cc2cc(c1Cl)N(C)C(=O)CC(OC(=O)[C@H](C)N(C)S(=O)(=O)CCCCCCN1C(=O)C=CC1=O)C1(C)OC1C(C)C1CC(O)(NC(=O)O1)C(C)/C=C/C=C(\C)C2. The number of sulfonamides is 1. The van der Waals surface area contributed by atoms with Crippen LogP contribution in [0.3, 0.4) is 0 Å². The molecule has 1 aromatic carbocycles.